The highest BCUT2D eigenvalue weighted by Gasteiger charge is 2.46. The molecule has 17 heavy (non-hydrogen) atoms. The molecule has 0 N–H and O–H groups in total. The molecule has 0 aromatic rings. The molecule has 2 atom stereocenters. The van der Waals surface area contributed by atoms with Gasteiger partial charge >= 0.3 is 5.97 Å². The Kier molecular flexibility index (Phi) is 3.04. The van der Waals surface area contributed by atoms with Gasteiger partial charge in [0.05, 0.1) is 5.92 Å². The quantitative estimate of drug-likeness (QED) is 0.660. The van der Waals surface area contributed by atoms with Gasteiger partial charge in [0.25, 0.3) is 0 Å². The van der Waals surface area contributed by atoms with E-state index in [2.05, 4.69) is 0 Å². The summed E-state index contributed by atoms with van der Waals surface area (Å²) >= 11 is 0. The molecule has 0 aromatic carbocycles. The molecular formula is C14H22O3. The molecule has 1 unspecified atom stereocenters. The fraction of sp³-hybridized carbons (Fsp3) is 0.857. The van der Waals surface area contributed by atoms with Crippen LogP contribution in [-0.2, 0) is 14.3 Å². The van der Waals surface area contributed by atoms with Crippen molar-refractivity contribution in [2.24, 2.45) is 11.3 Å². The Hall–Kier alpha value is -0.860. The van der Waals surface area contributed by atoms with Gasteiger partial charge in [0, 0.05) is 12.8 Å². The maximum absolute atomic E-state index is 12.0. The van der Waals surface area contributed by atoms with E-state index < -0.39 is 5.60 Å². The van der Waals surface area contributed by atoms with Gasteiger partial charge in [-0.05, 0) is 51.9 Å². The Labute approximate surface area is 103 Å². The highest BCUT2D eigenvalue weighted by atomic mass is 16.6. The van der Waals surface area contributed by atoms with Crippen LogP contribution >= 0.6 is 0 Å². The van der Waals surface area contributed by atoms with Gasteiger partial charge in [-0.25, -0.2) is 0 Å². The van der Waals surface area contributed by atoms with Crippen molar-refractivity contribution < 1.29 is 14.3 Å². The third-order valence-corrected chi connectivity index (χ3v) is 3.95. The summed E-state index contributed by atoms with van der Waals surface area (Å²) in [5, 5.41) is 0. The van der Waals surface area contributed by atoms with Crippen LogP contribution in [-0.4, -0.2) is 17.4 Å². The molecule has 3 nitrogen and oxygen atoms in total. The van der Waals surface area contributed by atoms with E-state index >= 15 is 0 Å². The van der Waals surface area contributed by atoms with E-state index in [1.54, 1.807) is 0 Å². The molecule has 0 saturated heterocycles. The van der Waals surface area contributed by atoms with E-state index in [0.29, 0.717) is 18.6 Å². The summed E-state index contributed by atoms with van der Waals surface area (Å²) in [6.45, 7) is 5.69. The van der Waals surface area contributed by atoms with Crippen molar-refractivity contribution in [3.05, 3.63) is 0 Å². The minimum atomic E-state index is -0.404. The van der Waals surface area contributed by atoms with Gasteiger partial charge in [0.1, 0.15) is 11.4 Å². The fourth-order valence-corrected chi connectivity index (χ4v) is 3.18. The van der Waals surface area contributed by atoms with E-state index in [-0.39, 0.29) is 17.3 Å². The number of carbonyl (C=O) groups is 2. The van der Waals surface area contributed by atoms with E-state index in [4.69, 9.17) is 4.74 Å². The van der Waals surface area contributed by atoms with Crippen LogP contribution in [0.25, 0.3) is 0 Å². The lowest BCUT2D eigenvalue weighted by Gasteiger charge is -2.24. The summed E-state index contributed by atoms with van der Waals surface area (Å²) < 4.78 is 5.43. The maximum Gasteiger partial charge on any atom is 0.309 e. The van der Waals surface area contributed by atoms with Crippen LogP contribution in [0.5, 0.6) is 0 Å². The maximum atomic E-state index is 12.0. The Balaban J connectivity index is 1.94. The summed E-state index contributed by atoms with van der Waals surface area (Å²) in [6.07, 6.45) is 5.14. The van der Waals surface area contributed by atoms with Crippen LogP contribution in [0, 0.1) is 11.3 Å². The first-order valence-electron chi connectivity index (χ1n) is 6.54. The number of ketones is 1. The van der Waals surface area contributed by atoms with Crippen molar-refractivity contribution >= 4 is 11.8 Å². The fourth-order valence-electron chi connectivity index (χ4n) is 3.18. The molecule has 0 bridgehead atoms. The highest BCUT2D eigenvalue weighted by Crippen LogP contribution is 2.51. The number of hydrogen-bond donors (Lipinski definition) is 0. The monoisotopic (exact) mass is 238 g/mol. The van der Waals surface area contributed by atoms with Crippen molar-refractivity contribution in [2.45, 2.75) is 64.9 Å². The van der Waals surface area contributed by atoms with Crippen molar-refractivity contribution in [1.82, 2.24) is 0 Å². The molecule has 0 aliphatic heterocycles. The van der Waals surface area contributed by atoms with Crippen LogP contribution in [0.2, 0.25) is 0 Å². The van der Waals surface area contributed by atoms with Gasteiger partial charge in [-0.15, -0.1) is 0 Å². The molecule has 2 saturated carbocycles. The number of hydrogen-bond acceptors (Lipinski definition) is 3. The predicted octanol–water partition coefficient (Wildman–Crippen LogP) is 2.87. The standard InChI is InChI=1S/C14H22O3/c1-13(2,3)17-12(16)10-4-6-14(8-10)7-5-11(15)9-14/h10H,4-9H2,1-3H3/t10-,14?/m0/s1. The second kappa shape index (κ2) is 4.11. The Morgan fingerprint density at radius 2 is 2.06 bits per heavy atom. The normalized spacial score (nSPS) is 33.4. The summed E-state index contributed by atoms with van der Waals surface area (Å²) in [6, 6.07) is 0. The number of rotatable bonds is 1. The van der Waals surface area contributed by atoms with Crippen LogP contribution in [0.15, 0.2) is 0 Å². The van der Waals surface area contributed by atoms with Crippen molar-refractivity contribution in [1.29, 1.82) is 0 Å². The lowest BCUT2D eigenvalue weighted by Crippen LogP contribution is -2.28. The Morgan fingerprint density at radius 1 is 1.35 bits per heavy atom. The third-order valence-electron chi connectivity index (χ3n) is 3.95. The molecule has 96 valence electrons. The van der Waals surface area contributed by atoms with Crippen LogP contribution in [0.3, 0.4) is 0 Å². The molecule has 2 rings (SSSR count). The largest absolute Gasteiger partial charge is 0.460 e. The lowest BCUT2D eigenvalue weighted by atomic mass is 9.83. The summed E-state index contributed by atoms with van der Waals surface area (Å²) in [5.41, 5.74) is -0.267. The van der Waals surface area contributed by atoms with E-state index in [0.717, 1.165) is 25.7 Å². The Bertz CT molecular complexity index is 340. The van der Waals surface area contributed by atoms with Gasteiger partial charge in [-0.3, -0.25) is 9.59 Å². The summed E-state index contributed by atoms with van der Waals surface area (Å²) in [7, 11) is 0. The molecule has 0 aromatic heterocycles. The number of ether oxygens (including phenoxy) is 1. The van der Waals surface area contributed by atoms with Crippen LogP contribution < -0.4 is 0 Å². The Morgan fingerprint density at radius 3 is 2.59 bits per heavy atom. The van der Waals surface area contributed by atoms with E-state index in [1.165, 1.54) is 0 Å². The van der Waals surface area contributed by atoms with Crippen molar-refractivity contribution in [2.75, 3.05) is 0 Å². The van der Waals surface area contributed by atoms with Crippen molar-refractivity contribution in [3.63, 3.8) is 0 Å². The molecule has 1 spiro atoms. The zero-order valence-electron chi connectivity index (χ0n) is 11.0. The average Bonchev–Trinajstić information content (AvgIpc) is 2.72. The van der Waals surface area contributed by atoms with Crippen LogP contribution in [0.4, 0.5) is 0 Å². The molecule has 2 aliphatic rings. The molecule has 2 aliphatic carbocycles. The molecule has 0 heterocycles. The SMILES string of the molecule is CC(C)(C)OC(=O)[C@H]1CCC2(CCC(=O)C2)C1. The zero-order valence-corrected chi connectivity index (χ0v) is 11.0. The summed E-state index contributed by atoms with van der Waals surface area (Å²) in [4.78, 5) is 23.4. The average molecular weight is 238 g/mol. The highest BCUT2D eigenvalue weighted by molar-refractivity contribution is 5.82. The molecule has 0 amide bonds. The first kappa shape index (κ1) is 12.6. The summed E-state index contributed by atoms with van der Waals surface area (Å²) in [5.74, 6) is 0.309. The second-order valence-corrected chi connectivity index (χ2v) is 6.69. The number of Topliss-reactive ketones (excluding diaryl/α,β-unsaturated/α-hetero) is 1. The number of esters is 1. The molecule has 3 heteroatoms. The van der Waals surface area contributed by atoms with Gasteiger partial charge in [0.15, 0.2) is 0 Å². The minimum Gasteiger partial charge on any atom is -0.460 e. The topological polar surface area (TPSA) is 43.4 Å². The van der Waals surface area contributed by atoms with Gasteiger partial charge in [0.2, 0.25) is 0 Å². The number of carbonyl (C=O) groups excluding carboxylic acids is 2. The van der Waals surface area contributed by atoms with Crippen molar-refractivity contribution in [3.8, 4) is 0 Å². The first-order chi connectivity index (χ1) is 7.80. The molecule has 0 radical (unpaired) electrons. The zero-order chi connectivity index (χ0) is 12.7. The van der Waals surface area contributed by atoms with E-state index in [1.807, 2.05) is 20.8 Å². The first-order valence-corrected chi connectivity index (χ1v) is 6.54. The van der Waals surface area contributed by atoms with Gasteiger partial charge in [-0.1, -0.05) is 0 Å². The van der Waals surface area contributed by atoms with Crippen LogP contribution in [0.1, 0.15) is 59.3 Å². The molecule has 2 fully saturated rings. The molecular weight excluding hydrogens is 216 g/mol. The van der Waals surface area contributed by atoms with Gasteiger partial charge < -0.3 is 4.74 Å². The third kappa shape index (κ3) is 2.88. The lowest BCUT2D eigenvalue weighted by molar-refractivity contribution is -0.160. The minimum absolute atomic E-state index is 0.0140. The smallest absolute Gasteiger partial charge is 0.309 e. The van der Waals surface area contributed by atoms with Gasteiger partial charge in [-0.2, -0.15) is 0 Å². The second-order valence-electron chi connectivity index (χ2n) is 6.69. The van der Waals surface area contributed by atoms with E-state index in [9.17, 15) is 9.59 Å². The predicted molar refractivity (Wildman–Crippen MR) is 64.5 cm³/mol.